The van der Waals surface area contributed by atoms with Crippen LogP contribution in [-0.2, 0) is 4.79 Å². The smallest absolute Gasteiger partial charge is 0.387 e. The van der Waals surface area contributed by atoms with Crippen LogP contribution in [0.25, 0.3) is 11.0 Å². The molecule has 0 aliphatic carbocycles. The molecule has 144 valence electrons. The number of nitrogens with zero attached hydrogens (tertiary/aromatic N) is 2. The summed E-state index contributed by atoms with van der Waals surface area (Å²) in [5, 5.41) is 9.58. The van der Waals surface area contributed by atoms with Crippen LogP contribution >= 0.6 is 23.4 Å². The maximum Gasteiger partial charge on any atom is 0.387 e. The number of fused-ring (bicyclic) bond motifs is 9. The van der Waals surface area contributed by atoms with Crippen molar-refractivity contribution in [1.82, 2.24) is 9.55 Å². The van der Waals surface area contributed by atoms with Gasteiger partial charge in [-0.2, -0.15) is 8.78 Å². The molecule has 3 heterocycles. The minimum atomic E-state index is -2.97. The first-order chi connectivity index (χ1) is 13.4. The molecular weight excluding hydrogens is 410 g/mol. The first-order valence-electron chi connectivity index (χ1n) is 8.58. The molecule has 0 spiro atoms. The molecule has 2 aliphatic rings. The first-order valence-corrected chi connectivity index (χ1v) is 9.84. The Bertz CT molecular complexity index is 1120. The lowest BCUT2D eigenvalue weighted by Crippen LogP contribution is -2.23. The van der Waals surface area contributed by atoms with Crippen molar-refractivity contribution < 1.29 is 23.4 Å². The van der Waals surface area contributed by atoms with Crippen LogP contribution in [0, 0.1) is 0 Å². The minimum Gasteiger partial charge on any atom is -0.480 e. The number of carbonyl (C=O) groups is 1. The van der Waals surface area contributed by atoms with Gasteiger partial charge >= 0.3 is 12.6 Å². The summed E-state index contributed by atoms with van der Waals surface area (Å²) in [6.07, 6.45) is 0.450. The second kappa shape index (κ2) is 6.35. The van der Waals surface area contributed by atoms with Gasteiger partial charge in [0.05, 0.1) is 17.1 Å². The normalized spacial score (nSPS) is 22.8. The average Bonchev–Trinajstić information content (AvgIpc) is 3.09. The van der Waals surface area contributed by atoms with E-state index in [1.165, 1.54) is 6.07 Å². The zero-order valence-electron chi connectivity index (χ0n) is 14.2. The van der Waals surface area contributed by atoms with E-state index >= 15 is 0 Å². The predicted octanol–water partition coefficient (Wildman–Crippen LogP) is 4.93. The zero-order chi connectivity index (χ0) is 19.6. The standard InChI is InChI=1S/C19H13ClF2N2O3S/c20-8-4-5-10-11(6-8)24-12-7-9(17(24)23-10)16(18(25)26)28-14-3-1-2-13(15(12)14)27-19(21)22/h1-6,9,12,16,19H,7H2,(H,25,26)/t9-,12-,16?/m0/s1. The molecule has 0 saturated carbocycles. The van der Waals surface area contributed by atoms with Crippen LogP contribution in [0.4, 0.5) is 8.78 Å². The van der Waals surface area contributed by atoms with Gasteiger partial charge in [-0.1, -0.05) is 17.7 Å². The number of hydrogen-bond donors (Lipinski definition) is 1. The number of rotatable bonds is 3. The molecule has 0 saturated heterocycles. The number of alkyl halides is 2. The topological polar surface area (TPSA) is 64.3 Å². The maximum atomic E-state index is 13.0. The SMILES string of the molecule is O=C(O)C1Sc2cccc(OC(F)F)c2[C@@H]2C[C@@H]1c1nc3ccc(Cl)cc3n12. The van der Waals surface area contributed by atoms with Crippen LogP contribution in [0.1, 0.15) is 29.8 Å². The van der Waals surface area contributed by atoms with Gasteiger partial charge in [-0.3, -0.25) is 4.79 Å². The number of benzene rings is 2. The molecule has 2 aliphatic heterocycles. The van der Waals surface area contributed by atoms with E-state index in [1.54, 1.807) is 30.3 Å². The van der Waals surface area contributed by atoms with E-state index in [2.05, 4.69) is 4.98 Å². The van der Waals surface area contributed by atoms with Crippen LogP contribution in [0.15, 0.2) is 41.3 Å². The van der Waals surface area contributed by atoms with Gasteiger partial charge in [-0.15, -0.1) is 11.8 Å². The Morgan fingerprint density at radius 3 is 2.93 bits per heavy atom. The van der Waals surface area contributed by atoms with Gasteiger partial charge in [0.25, 0.3) is 0 Å². The van der Waals surface area contributed by atoms with Gasteiger partial charge in [0, 0.05) is 21.4 Å². The highest BCUT2D eigenvalue weighted by atomic mass is 35.5. The molecule has 5 nitrogen and oxygen atoms in total. The lowest BCUT2D eigenvalue weighted by Gasteiger charge is -2.22. The molecule has 3 aromatic rings. The average molecular weight is 423 g/mol. The van der Waals surface area contributed by atoms with Gasteiger partial charge < -0.3 is 14.4 Å². The van der Waals surface area contributed by atoms with Gasteiger partial charge in [0.15, 0.2) is 0 Å². The molecule has 0 fully saturated rings. The highest BCUT2D eigenvalue weighted by molar-refractivity contribution is 8.00. The third-order valence-electron chi connectivity index (χ3n) is 5.24. The maximum absolute atomic E-state index is 13.0. The summed E-state index contributed by atoms with van der Waals surface area (Å²) >= 11 is 7.33. The summed E-state index contributed by atoms with van der Waals surface area (Å²) in [6.45, 7) is -2.97. The molecule has 9 heteroatoms. The molecule has 1 unspecified atom stereocenters. The van der Waals surface area contributed by atoms with Gasteiger partial charge in [0.2, 0.25) is 0 Å². The lowest BCUT2D eigenvalue weighted by atomic mass is 9.95. The number of thioether (sulfide) groups is 1. The third kappa shape index (κ3) is 2.58. The van der Waals surface area contributed by atoms with Crippen molar-refractivity contribution in [2.24, 2.45) is 0 Å². The molecule has 3 atom stereocenters. The number of carboxylic acids is 1. The van der Waals surface area contributed by atoms with Crippen molar-refractivity contribution in [2.45, 2.75) is 35.1 Å². The van der Waals surface area contributed by atoms with Crippen LogP contribution in [0.5, 0.6) is 5.75 Å². The fourth-order valence-electron chi connectivity index (χ4n) is 4.23. The molecule has 2 bridgehead atoms. The second-order valence-corrected chi connectivity index (χ2v) is 8.37. The quantitative estimate of drug-likeness (QED) is 0.648. The highest BCUT2D eigenvalue weighted by Gasteiger charge is 2.47. The molecule has 0 amide bonds. The van der Waals surface area contributed by atoms with Gasteiger partial charge in [-0.05, 0) is 36.8 Å². The number of aliphatic carboxylic acids is 1. The largest absolute Gasteiger partial charge is 0.480 e. The van der Waals surface area contributed by atoms with E-state index in [0.717, 1.165) is 17.3 Å². The molecule has 1 N–H and O–H groups in total. The Morgan fingerprint density at radius 1 is 1.36 bits per heavy atom. The van der Waals surface area contributed by atoms with E-state index in [-0.39, 0.29) is 17.7 Å². The third-order valence-corrected chi connectivity index (χ3v) is 6.87. The number of ether oxygens (including phenoxy) is 1. The fourth-order valence-corrected chi connectivity index (χ4v) is 5.68. The molecule has 1 aromatic heterocycles. The lowest BCUT2D eigenvalue weighted by molar-refractivity contribution is -0.136. The predicted molar refractivity (Wildman–Crippen MR) is 101 cm³/mol. The van der Waals surface area contributed by atoms with Gasteiger partial charge in [0.1, 0.15) is 16.8 Å². The fraction of sp³-hybridized carbons (Fsp3) is 0.263. The van der Waals surface area contributed by atoms with Crippen LogP contribution < -0.4 is 4.74 Å². The first kappa shape index (κ1) is 17.8. The van der Waals surface area contributed by atoms with Crippen molar-refractivity contribution in [1.29, 1.82) is 0 Å². The summed E-state index contributed by atoms with van der Waals surface area (Å²) in [7, 11) is 0. The summed E-state index contributed by atoms with van der Waals surface area (Å²) in [5.74, 6) is -0.614. The van der Waals surface area contributed by atoms with E-state index < -0.39 is 17.8 Å². The van der Waals surface area contributed by atoms with Crippen molar-refractivity contribution in [3.63, 3.8) is 0 Å². The summed E-state index contributed by atoms with van der Waals surface area (Å²) in [4.78, 5) is 17.3. The number of aromatic nitrogens is 2. The molecule has 5 rings (SSSR count). The Morgan fingerprint density at radius 2 is 2.18 bits per heavy atom. The summed E-state index contributed by atoms with van der Waals surface area (Å²) < 4.78 is 32.8. The Kier molecular flexibility index (Phi) is 4.03. The highest BCUT2D eigenvalue weighted by Crippen LogP contribution is 2.55. The Hall–Kier alpha value is -2.32. The van der Waals surface area contributed by atoms with Gasteiger partial charge in [-0.25, -0.2) is 4.98 Å². The van der Waals surface area contributed by atoms with Crippen molar-refractivity contribution in [3.05, 3.63) is 52.8 Å². The van der Waals surface area contributed by atoms with E-state index in [1.807, 2.05) is 4.57 Å². The van der Waals surface area contributed by atoms with E-state index in [4.69, 9.17) is 16.3 Å². The molecule has 2 aromatic carbocycles. The minimum absolute atomic E-state index is 0.0616. The molecular formula is C19H13ClF2N2O3S. The van der Waals surface area contributed by atoms with Crippen LogP contribution in [-0.4, -0.2) is 32.5 Å². The van der Waals surface area contributed by atoms with Crippen molar-refractivity contribution in [3.8, 4) is 5.75 Å². The number of halogens is 3. The van der Waals surface area contributed by atoms with Crippen molar-refractivity contribution in [2.75, 3.05) is 0 Å². The van der Waals surface area contributed by atoms with Crippen LogP contribution in [0.2, 0.25) is 5.02 Å². The van der Waals surface area contributed by atoms with Crippen molar-refractivity contribution >= 4 is 40.4 Å². The monoisotopic (exact) mass is 422 g/mol. The molecule has 28 heavy (non-hydrogen) atoms. The Labute approximate surface area is 167 Å². The summed E-state index contributed by atoms with van der Waals surface area (Å²) in [6, 6.07) is 9.76. The number of imidazole rings is 1. The van der Waals surface area contributed by atoms with E-state index in [0.29, 0.717) is 33.2 Å². The van der Waals surface area contributed by atoms with Crippen LogP contribution in [0.3, 0.4) is 0 Å². The number of hydrogen-bond acceptors (Lipinski definition) is 4. The molecule has 0 radical (unpaired) electrons. The second-order valence-electron chi connectivity index (χ2n) is 6.75. The van der Waals surface area contributed by atoms with E-state index in [9.17, 15) is 18.7 Å². The summed E-state index contributed by atoms with van der Waals surface area (Å²) in [5.41, 5.74) is 2.02. The zero-order valence-corrected chi connectivity index (χ0v) is 15.8. The Balaban J connectivity index is 1.80. The number of carboxylic acid groups (broad SMARTS) is 1.